The topological polar surface area (TPSA) is 35.7 Å². The maximum atomic E-state index is 12.4. The number of fused-ring (bicyclic) bond motifs is 1. The fraction of sp³-hybridized carbons (Fsp3) is 0.125. The van der Waals surface area contributed by atoms with E-state index in [0.717, 1.165) is 22.0 Å². The van der Waals surface area contributed by atoms with Crippen molar-refractivity contribution in [2.24, 2.45) is 0 Å². The second kappa shape index (κ2) is 4.31. The number of H-pyrrole nitrogens is 1. The summed E-state index contributed by atoms with van der Waals surface area (Å²) in [5, 5.41) is 13.5. The van der Waals surface area contributed by atoms with Crippen molar-refractivity contribution in [1.82, 2.24) is 4.98 Å². The first-order chi connectivity index (χ1) is 8.74. The summed E-state index contributed by atoms with van der Waals surface area (Å²) in [6, 6.07) is 15.6. The lowest BCUT2D eigenvalue weighted by Gasteiger charge is -2.09. The van der Waals surface area contributed by atoms with Gasteiger partial charge in [-0.15, -0.1) is 0 Å². The predicted octanol–water partition coefficient (Wildman–Crippen LogP) is 4.00. The Balaban J connectivity index is 2.00. The maximum absolute atomic E-state index is 12.4. The van der Waals surface area contributed by atoms with Gasteiger partial charge >= 0.3 is 0 Å². The van der Waals surface area contributed by atoms with E-state index in [1.54, 1.807) is 0 Å². The highest BCUT2D eigenvalue weighted by Crippen LogP contribution is 2.25. The van der Waals surface area contributed by atoms with Crippen molar-refractivity contribution in [3.05, 3.63) is 71.4 Å². The van der Waals surface area contributed by atoms with Crippen molar-refractivity contribution in [3.8, 4) is 0 Å². The second-order valence-electron chi connectivity index (χ2n) is 4.62. The van der Waals surface area contributed by atoms with Crippen LogP contribution in [0.4, 0.5) is 0 Å². The third-order valence-electron chi connectivity index (χ3n) is 3.26. The molecule has 2 nitrogen and oxygen atoms in total. The van der Waals surface area contributed by atoms with Crippen LogP contribution in [-0.4, -0.2) is 4.98 Å². The van der Waals surface area contributed by atoms with Crippen LogP contribution in [0.2, 0.25) is 0 Å². The van der Waals surface area contributed by atoms with Gasteiger partial charge in [0.2, 0.25) is 0 Å². The van der Waals surface area contributed by atoms with Gasteiger partial charge in [0, 0.05) is 11.7 Å². The van der Waals surface area contributed by atoms with Crippen LogP contribution in [0, 0.1) is 6.92 Å². The molecule has 1 atom stereocenters. The van der Waals surface area contributed by atoms with E-state index in [9.17, 15) is 5.11 Å². The molecule has 1 heterocycles. The van der Waals surface area contributed by atoms with Crippen LogP contribution in [0.1, 0.15) is 22.8 Å². The SMILES string of the molecule is Cc1ccc(C([O])c2ccc3[nH]ccc3c2)cc1. The Morgan fingerprint density at radius 3 is 2.44 bits per heavy atom. The number of rotatable bonds is 2. The fourth-order valence-corrected chi connectivity index (χ4v) is 2.17. The molecule has 0 bridgehead atoms. The molecule has 0 amide bonds. The Hall–Kier alpha value is -2.06. The zero-order valence-electron chi connectivity index (χ0n) is 10.2. The lowest BCUT2D eigenvalue weighted by molar-refractivity contribution is 0.125. The molecule has 2 heteroatoms. The molecule has 89 valence electrons. The molecule has 0 aliphatic rings. The van der Waals surface area contributed by atoms with Gasteiger partial charge in [0.25, 0.3) is 0 Å². The summed E-state index contributed by atoms with van der Waals surface area (Å²) in [7, 11) is 0. The van der Waals surface area contributed by atoms with Gasteiger partial charge in [-0.1, -0.05) is 35.9 Å². The van der Waals surface area contributed by atoms with E-state index >= 15 is 0 Å². The molecular weight excluding hydrogens is 222 g/mol. The molecular formula is C16H14NO. The van der Waals surface area contributed by atoms with E-state index in [0.29, 0.717) is 0 Å². The van der Waals surface area contributed by atoms with Crippen molar-refractivity contribution >= 4 is 10.9 Å². The van der Waals surface area contributed by atoms with E-state index in [-0.39, 0.29) is 0 Å². The Morgan fingerprint density at radius 1 is 0.944 bits per heavy atom. The number of aryl methyl sites for hydroxylation is 1. The lowest BCUT2D eigenvalue weighted by Crippen LogP contribution is -1.97. The summed E-state index contributed by atoms with van der Waals surface area (Å²) in [5.41, 5.74) is 3.86. The normalized spacial score (nSPS) is 12.8. The number of aromatic nitrogens is 1. The smallest absolute Gasteiger partial charge is 0.143 e. The molecule has 18 heavy (non-hydrogen) atoms. The molecule has 3 aromatic rings. The van der Waals surface area contributed by atoms with Crippen LogP contribution in [0.3, 0.4) is 0 Å². The molecule has 2 aromatic carbocycles. The van der Waals surface area contributed by atoms with Crippen LogP contribution < -0.4 is 0 Å². The Bertz CT molecular complexity index is 667. The van der Waals surface area contributed by atoms with Gasteiger partial charge in [-0.05, 0) is 41.6 Å². The Morgan fingerprint density at radius 2 is 1.67 bits per heavy atom. The molecule has 1 radical (unpaired) electrons. The van der Waals surface area contributed by atoms with Gasteiger partial charge in [0.1, 0.15) is 6.10 Å². The molecule has 0 saturated heterocycles. The van der Waals surface area contributed by atoms with Crippen molar-refractivity contribution in [2.75, 3.05) is 0 Å². The first kappa shape index (κ1) is 11.1. The minimum atomic E-state index is -0.815. The molecule has 0 fully saturated rings. The van der Waals surface area contributed by atoms with Crippen molar-refractivity contribution in [3.63, 3.8) is 0 Å². The van der Waals surface area contributed by atoms with E-state index in [1.165, 1.54) is 5.56 Å². The molecule has 0 spiro atoms. The average molecular weight is 236 g/mol. The predicted molar refractivity (Wildman–Crippen MR) is 72.0 cm³/mol. The van der Waals surface area contributed by atoms with E-state index in [1.807, 2.05) is 61.7 Å². The summed E-state index contributed by atoms with van der Waals surface area (Å²) in [6.07, 6.45) is 1.07. The largest absolute Gasteiger partial charge is 0.361 e. The first-order valence-electron chi connectivity index (χ1n) is 6.03. The van der Waals surface area contributed by atoms with Crippen LogP contribution in [0.5, 0.6) is 0 Å². The summed E-state index contributed by atoms with van der Waals surface area (Å²) in [5.74, 6) is 0. The highest BCUT2D eigenvalue weighted by molar-refractivity contribution is 5.80. The minimum absolute atomic E-state index is 0.811. The van der Waals surface area contributed by atoms with Crippen LogP contribution in [0.25, 0.3) is 10.9 Å². The van der Waals surface area contributed by atoms with Gasteiger partial charge in [-0.3, -0.25) is 0 Å². The lowest BCUT2D eigenvalue weighted by atomic mass is 9.99. The van der Waals surface area contributed by atoms with E-state index in [4.69, 9.17) is 0 Å². The minimum Gasteiger partial charge on any atom is -0.361 e. The molecule has 1 N–H and O–H groups in total. The Kier molecular flexibility index (Phi) is 2.65. The zero-order chi connectivity index (χ0) is 12.5. The van der Waals surface area contributed by atoms with E-state index in [2.05, 4.69) is 4.98 Å². The van der Waals surface area contributed by atoms with Gasteiger partial charge in [-0.25, -0.2) is 5.11 Å². The average Bonchev–Trinajstić information content (AvgIpc) is 2.86. The van der Waals surface area contributed by atoms with Gasteiger partial charge in [0.05, 0.1) is 0 Å². The van der Waals surface area contributed by atoms with Crippen molar-refractivity contribution in [2.45, 2.75) is 13.0 Å². The van der Waals surface area contributed by atoms with E-state index < -0.39 is 6.10 Å². The third-order valence-corrected chi connectivity index (χ3v) is 3.26. The number of hydrogen-bond donors (Lipinski definition) is 1. The third kappa shape index (κ3) is 1.91. The zero-order valence-corrected chi connectivity index (χ0v) is 10.2. The number of aromatic amines is 1. The highest BCUT2D eigenvalue weighted by Gasteiger charge is 2.12. The quantitative estimate of drug-likeness (QED) is 0.698. The number of benzene rings is 2. The number of nitrogens with one attached hydrogen (secondary N) is 1. The van der Waals surface area contributed by atoms with Gasteiger partial charge in [0.15, 0.2) is 0 Å². The molecule has 1 aromatic heterocycles. The van der Waals surface area contributed by atoms with Crippen LogP contribution in [0.15, 0.2) is 54.7 Å². The molecule has 0 aliphatic heterocycles. The summed E-state index contributed by atoms with van der Waals surface area (Å²) in [6.45, 7) is 2.02. The van der Waals surface area contributed by atoms with Crippen LogP contribution in [-0.2, 0) is 5.11 Å². The first-order valence-corrected chi connectivity index (χ1v) is 6.03. The fourth-order valence-electron chi connectivity index (χ4n) is 2.17. The van der Waals surface area contributed by atoms with Gasteiger partial charge < -0.3 is 4.98 Å². The molecule has 1 unspecified atom stereocenters. The summed E-state index contributed by atoms with van der Waals surface area (Å²) < 4.78 is 0. The molecule has 3 rings (SSSR count). The second-order valence-corrected chi connectivity index (χ2v) is 4.62. The standard InChI is InChI=1S/C16H14NO/c1-11-2-4-12(5-3-11)16(18)14-6-7-15-13(10-14)8-9-17-15/h2-10,16-17H,1H3. The number of hydrogen-bond acceptors (Lipinski definition) is 0. The van der Waals surface area contributed by atoms with Crippen molar-refractivity contribution < 1.29 is 5.11 Å². The Labute approximate surface area is 106 Å². The monoisotopic (exact) mass is 236 g/mol. The molecule has 0 aliphatic carbocycles. The molecule has 0 saturated carbocycles. The van der Waals surface area contributed by atoms with Gasteiger partial charge in [-0.2, -0.15) is 0 Å². The highest BCUT2D eigenvalue weighted by atomic mass is 16.3. The van der Waals surface area contributed by atoms with Crippen LogP contribution >= 0.6 is 0 Å². The summed E-state index contributed by atoms with van der Waals surface area (Å²) in [4.78, 5) is 3.13. The maximum Gasteiger partial charge on any atom is 0.143 e. The summed E-state index contributed by atoms with van der Waals surface area (Å²) >= 11 is 0. The van der Waals surface area contributed by atoms with Crippen molar-refractivity contribution in [1.29, 1.82) is 0 Å².